The Morgan fingerprint density at radius 3 is 2.95 bits per heavy atom. The molecule has 6 N–H and O–H groups in total. The molecule has 1 saturated heterocycles. The van der Waals surface area contributed by atoms with E-state index >= 15 is 0 Å². The van der Waals surface area contributed by atoms with Gasteiger partial charge in [0.25, 0.3) is 5.56 Å². The zero-order valence-electron chi connectivity index (χ0n) is 11.1. The number of imidazole rings is 1. The van der Waals surface area contributed by atoms with Gasteiger partial charge in [0.15, 0.2) is 17.4 Å². The van der Waals surface area contributed by atoms with Crippen LogP contribution in [0.1, 0.15) is 13.2 Å². The summed E-state index contributed by atoms with van der Waals surface area (Å²) in [6.07, 6.45) is -2.06. The number of aromatic amines is 1. The smallest absolute Gasteiger partial charge is 0.280 e. The van der Waals surface area contributed by atoms with Crippen LogP contribution in [0, 0.1) is 0 Å². The number of nitrogens with two attached hydrogens (primary N) is 1. The van der Waals surface area contributed by atoms with Crippen molar-refractivity contribution in [2.45, 2.75) is 31.0 Å². The molecule has 2 aromatic rings. The molecule has 1 unspecified atom stereocenters. The molecule has 0 aromatic carbocycles. The monoisotopic (exact) mass is 297 g/mol. The molecule has 4 atom stereocenters. The van der Waals surface area contributed by atoms with Crippen molar-refractivity contribution >= 4 is 17.1 Å². The van der Waals surface area contributed by atoms with Crippen molar-refractivity contribution in [2.24, 2.45) is 0 Å². The van der Waals surface area contributed by atoms with Gasteiger partial charge in [-0.1, -0.05) is 0 Å². The summed E-state index contributed by atoms with van der Waals surface area (Å²) in [5.74, 6) is -0.105. The van der Waals surface area contributed by atoms with Crippen LogP contribution in [-0.2, 0) is 4.74 Å². The van der Waals surface area contributed by atoms with Crippen LogP contribution in [0.25, 0.3) is 11.2 Å². The quantitative estimate of drug-likeness (QED) is 0.414. The summed E-state index contributed by atoms with van der Waals surface area (Å²) in [5, 5.41) is 29.6. The minimum absolute atomic E-state index is 0.0329. The highest BCUT2D eigenvalue weighted by atomic mass is 16.6. The van der Waals surface area contributed by atoms with E-state index in [4.69, 9.17) is 10.5 Å². The van der Waals surface area contributed by atoms with Crippen molar-refractivity contribution in [3.8, 4) is 0 Å². The van der Waals surface area contributed by atoms with Gasteiger partial charge >= 0.3 is 0 Å². The Morgan fingerprint density at radius 1 is 1.62 bits per heavy atom. The first kappa shape index (κ1) is 13.9. The van der Waals surface area contributed by atoms with E-state index in [1.54, 1.807) is 0 Å². The van der Waals surface area contributed by atoms with Gasteiger partial charge in [0, 0.05) is 0 Å². The molecule has 1 aliphatic heterocycles. The molecule has 0 spiro atoms. The Hall–Kier alpha value is -2.01. The number of aliphatic hydroxyl groups excluding tert-OH is 2. The highest BCUT2D eigenvalue weighted by molar-refractivity contribution is 5.70. The number of anilines is 1. The van der Waals surface area contributed by atoms with Crippen molar-refractivity contribution < 1.29 is 20.1 Å². The minimum atomic E-state index is -1.69. The zero-order chi connectivity index (χ0) is 15.4. The number of rotatable bonds is 2. The summed E-state index contributed by atoms with van der Waals surface area (Å²) < 4.78 is 6.76. The fraction of sp³-hybridized carbons (Fsp3) is 0.545. The summed E-state index contributed by atoms with van der Waals surface area (Å²) in [6.45, 7) is 0.900. The van der Waals surface area contributed by atoms with E-state index in [1.807, 2.05) is 0 Å². The van der Waals surface area contributed by atoms with Crippen LogP contribution in [0.2, 0.25) is 0 Å². The number of nitrogens with one attached hydrogen (secondary N) is 1. The van der Waals surface area contributed by atoms with Gasteiger partial charge < -0.3 is 25.8 Å². The molecule has 0 saturated carbocycles. The van der Waals surface area contributed by atoms with Crippen LogP contribution in [-0.4, -0.2) is 59.3 Å². The van der Waals surface area contributed by atoms with E-state index in [2.05, 4.69) is 15.0 Å². The number of aliphatic hydroxyl groups is 3. The molecule has 0 aliphatic carbocycles. The zero-order valence-corrected chi connectivity index (χ0v) is 11.1. The van der Waals surface area contributed by atoms with Crippen LogP contribution >= 0.6 is 0 Å². The SMILES string of the molecule is C[C@]1(O)C(n2cnc3c(=O)[nH]c(N)nc32)O[C@H](CO)[C@H]1O. The molecule has 114 valence electrons. The fourth-order valence-corrected chi connectivity index (χ4v) is 2.50. The summed E-state index contributed by atoms with van der Waals surface area (Å²) in [4.78, 5) is 21.9. The lowest BCUT2D eigenvalue weighted by Crippen LogP contribution is -2.44. The molecule has 2 aromatic heterocycles. The molecule has 0 amide bonds. The summed E-state index contributed by atoms with van der Waals surface area (Å²) in [5.41, 5.74) is 3.44. The number of nitrogens with zero attached hydrogens (tertiary/aromatic N) is 3. The molecule has 0 radical (unpaired) electrons. The molecule has 1 aliphatic rings. The first-order valence-corrected chi connectivity index (χ1v) is 6.25. The van der Waals surface area contributed by atoms with E-state index in [0.29, 0.717) is 0 Å². The van der Waals surface area contributed by atoms with Crippen LogP contribution in [0.3, 0.4) is 0 Å². The number of ether oxygens (including phenoxy) is 1. The number of nitrogen functional groups attached to an aromatic ring is 1. The second-order valence-electron chi connectivity index (χ2n) is 5.16. The maximum absolute atomic E-state index is 11.7. The molecule has 10 nitrogen and oxygen atoms in total. The third-order valence-electron chi connectivity index (χ3n) is 3.64. The number of hydrogen-bond acceptors (Lipinski definition) is 8. The van der Waals surface area contributed by atoms with Crippen LogP contribution in [0.4, 0.5) is 5.95 Å². The van der Waals surface area contributed by atoms with Gasteiger partial charge in [-0.2, -0.15) is 4.98 Å². The lowest BCUT2D eigenvalue weighted by Gasteiger charge is -2.27. The Balaban J connectivity index is 2.15. The van der Waals surface area contributed by atoms with E-state index < -0.39 is 36.2 Å². The Morgan fingerprint density at radius 2 is 2.33 bits per heavy atom. The highest BCUT2D eigenvalue weighted by Gasteiger charge is 2.53. The van der Waals surface area contributed by atoms with Gasteiger partial charge in [0.2, 0.25) is 5.95 Å². The Kier molecular flexibility index (Phi) is 2.99. The van der Waals surface area contributed by atoms with E-state index in [1.165, 1.54) is 17.8 Å². The average molecular weight is 297 g/mol. The van der Waals surface area contributed by atoms with E-state index in [0.717, 1.165) is 0 Å². The molecule has 3 heterocycles. The van der Waals surface area contributed by atoms with Crippen molar-refractivity contribution in [1.82, 2.24) is 19.5 Å². The maximum Gasteiger partial charge on any atom is 0.280 e. The van der Waals surface area contributed by atoms with Crippen molar-refractivity contribution in [3.05, 3.63) is 16.7 Å². The second-order valence-corrected chi connectivity index (χ2v) is 5.16. The third kappa shape index (κ3) is 1.92. The lowest BCUT2D eigenvalue weighted by atomic mass is 9.96. The first-order chi connectivity index (χ1) is 9.86. The molecular formula is C11H15N5O5. The second kappa shape index (κ2) is 4.49. The van der Waals surface area contributed by atoms with Gasteiger partial charge in [-0.25, -0.2) is 4.98 Å². The largest absolute Gasteiger partial charge is 0.394 e. The summed E-state index contributed by atoms with van der Waals surface area (Å²) in [7, 11) is 0. The molecule has 1 fully saturated rings. The minimum Gasteiger partial charge on any atom is -0.394 e. The third-order valence-corrected chi connectivity index (χ3v) is 3.64. The standard InChI is InChI=1S/C11H15N5O5/c1-11(20)6(18)4(2-17)21-9(11)16-3-13-5-7(16)14-10(12)15-8(5)19/h3-4,6,9,17-18,20H,2H2,1H3,(H3,12,14,15,19)/t4-,6-,9?,11-/m1/s1. The van der Waals surface area contributed by atoms with Crippen molar-refractivity contribution in [3.63, 3.8) is 0 Å². The molecule has 0 bridgehead atoms. The number of hydrogen-bond donors (Lipinski definition) is 5. The molecular weight excluding hydrogens is 282 g/mol. The van der Waals surface area contributed by atoms with Crippen LogP contribution in [0.5, 0.6) is 0 Å². The highest BCUT2D eigenvalue weighted by Crippen LogP contribution is 2.38. The topological polar surface area (TPSA) is 160 Å². The van der Waals surface area contributed by atoms with Gasteiger partial charge in [0.05, 0.1) is 12.9 Å². The molecule has 10 heteroatoms. The Bertz CT molecular complexity index is 738. The lowest BCUT2D eigenvalue weighted by molar-refractivity contribution is -0.0950. The number of H-pyrrole nitrogens is 1. The molecule has 3 rings (SSSR count). The van der Waals surface area contributed by atoms with Gasteiger partial charge in [-0.3, -0.25) is 14.3 Å². The van der Waals surface area contributed by atoms with Gasteiger partial charge in [-0.15, -0.1) is 0 Å². The van der Waals surface area contributed by atoms with E-state index in [-0.39, 0.29) is 17.1 Å². The van der Waals surface area contributed by atoms with E-state index in [9.17, 15) is 20.1 Å². The van der Waals surface area contributed by atoms with Crippen molar-refractivity contribution in [2.75, 3.05) is 12.3 Å². The predicted molar refractivity (Wildman–Crippen MR) is 70.2 cm³/mol. The summed E-state index contributed by atoms with van der Waals surface area (Å²) in [6, 6.07) is 0. The predicted octanol–water partition coefficient (Wildman–Crippen LogP) is -2.30. The number of aromatic nitrogens is 4. The molecule has 21 heavy (non-hydrogen) atoms. The maximum atomic E-state index is 11.7. The Labute approximate surface area is 117 Å². The van der Waals surface area contributed by atoms with Gasteiger partial charge in [0.1, 0.15) is 17.8 Å². The van der Waals surface area contributed by atoms with Crippen LogP contribution in [0.15, 0.2) is 11.1 Å². The first-order valence-electron chi connectivity index (χ1n) is 6.25. The fourth-order valence-electron chi connectivity index (χ4n) is 2.50. The summed E-state index contributed by atoms with van der Waals surface area (Å²) >= 11 is 0. The number of fused-ring (bicyclic) bond motifs is 1. The van der Waals surface area contributed by atoms with Crippen LogP contribution < -0.4 is 11.3 Å². The van der Waals surface area contributed by atoms with Gasteiger partial charge in [-0.05, 0) is 6.92 Å². The van der Waals surface area contributed by atoms with Crippen molar-refractivity contribution in [1.29, 1.82) is 0 Å². The normalized spacial score (nSPS) is 32.9. The average Bonchev–Trinajstić information content (AvgIpc) is 2.91.